The van der Waals surface area contributed by atoms with Crippen molar-refractivity contribution in [2.45, 2.75) is 59.5 Å². The van der Waals surface area contributed by atoms with E-state index < -0.39 is 11.4 Å². The minimum atomic E-state index is -0.768. The van der Waals surface area contributed by atoms with E-state index in [0.717, 1.165) is 12.8 Å². The van der Waals surface area contributed by atoms with Gasteiger partial charge >= 0.3 is 11.7 Å². The fourth-order valence-electron chi connectivity index (χ4n) is 1.95. The molecule has 0 aliphatic carbocycles. The lowest BCUT2D eigenvalue weighted by Crippen LogP contribution is -2.26. The van der Waals surface area contributed by atoms with Crippen molar-refractivity contribution in [3.05, 3.63) is 22.9 Å². The predicted molar refractivity (Wildman–Crippen MR) is 74.3 cm³/mol. The summed E-state index contributed by atoms with van der Waals surface area (Å²) in [5, 5.41) is 9.01. The van der Waals surface area contributed by atoms with Crippen LogP contribution in [0.2, 0.25) is 0 Å². The van der Waals surface area contributed by atoms with Gasteiger partial charge in [-0.3, -0.25) is 13.9 Å². The van der Waals surface area contributed by atoms with Crippen LogP contribution in [0.15, 0.2) is 17.2 Å². The molecular weight excluding hydrogens is 244 g/mol. The van der Waals surface area contributed by atoms with E-state index in [1.54, 1.807) is 35.4 Å². The molecule has 0 aromatic carbocycles. The molecule has 0 saturated carbocycles. The Morgan fingerprint density at radius 3 is 2.42 bits per heavy atom. The molecule has 0 bridgehead atoms. The highest BCUT2D eigenvalue weighted by Crippen LogP contribution is 2.23. The molecule has 0 radical (unpaired) electrons. The number of nitrogens with zero attached hydrogens (tertiary/aromatic N) is 2. The Balaban J connectivity index is 2.47. The summed E-state index contributed by atoms with van der Waals surface area (Å²) in [5.74, 6) is -0.768. The van der Waals surface area contributed by atoms with E-state index in [2.05, 4.69) is 0 Å². The van der Waals surface area contributed by atoms with Crippen molar-refractivity contribution in [3.63, 3.8) is 0 Å². The average molecular weight is 268 g/mol. The molecule has 0 amide bonds. The van der Waals surface area contributed by atoms with Crippen LogP contribution in [0.5, 0.6) is 0 Å². The first-order chi connectivity index (χ1) is 8.75. The second-order valence-electron chi connectivity index (χ2n) is 5.92. The number of carboxylic acid groups (broad SMARTS) is 1. The highest BCUT2D eigenvalue weighted by molar-refractivity contribution is 5.73. The fourth-order valence-corrected chi connectivity index (χ4v) is 1.95. The highest BCUT2D eigenvalue weighted by Gasteiger charge is 2.25. The molecule has 0 aliphatic heterocycles. The van der Waals surface area contributed by atoms with Crippen LogP contribution in [-0.4, -0.2) is 20.2 Å². The molecule has 0 aliphatic rings. The first kappa shape index (κ1) is 15.5. The van der Waals surface area contributed by atoms with Crippen LogP contribution in [0, 0.1) is 5.41 Å². The minimum absolute atomic E-state index is 0.00694. The van der Waals surface area contributed by atoms with E-state index in [0.29, 0.717) is 13.0 Å². The zero-order valence-electron chi connectivity index (χ0n) is 12.2. The molecule has 1 heterocycles. The highest BCUT2D eigenvalue weighted by atomic mass is 16.4. The Labute approximate surface area is 113 Å². The van der Waals surface area contributed by atoms with Crippen molar-refractivity contribution in [2.75, 3.05) is 0 Å². The molecule has 0 fully saturated rings. The van der Waals surface area contributed by atoms with Gasteiger partial charge in [-0.2, -0.15) is 0 Å². The number of carbonyl (C=O) groups is 1. The zero-order valence-corrected chi connectivity index (χ0v) is 12.2. The van der Waals surface area contributed by atoms with Crippen molar-refractivity contribution in [2.24, 2.45) is 5.41 Å². The van der Waals surface area contributed by atoms with E-state index in [4.69, 9.17) is 5.11 Å². The number of carboxylic acids is 1. The number of hydrogen-bond donors (Lipinski definition) is 1. The van der Waals surface area contributed by atoms with E-state index >= 15 is 0 Å². The topological polar surface area (TPSA) is 64.2 Å². The molecule has 5 nitrogen and oxygen atoms in total. The van der Waals surface area contributed by atoms with E-state index in [1.807, 2.05) is 13.8 Å². The Kier molecular flexibility index (Phi) is 4.97. The second kappa shape index (κ2) is 6.08. The van der Waals surface area contributed by atoms with Gasteiger partial charge in [0.1, 0.15) is 0 Å². The molecule has 1 rings (SSSR count). The van der Waals surface area contributed by atoms with Gasteiger partial charge in [0.15, 0.2) is 0 Å². The quantitative estimate of drug-likeness (QED) is 0.773. The largest absolute Gasteiger partial charge is 0.481 e. The number of aliphatic carboxylic acids is 1. The number of hydrogen-bond acceptors (Lipinski definition) is 2. The summed E-state index contributed by atoms with van der Waals surface area (Å²) in [7, 11) is 0. The van der Waals surface area contributed by atoms with E-state index in [9.17, 15) is 9.59 Å². The molecule has 1 aromatic heterocycles. The molecule has 1 aromatic rings. The van der Waals surface area contributed by atoms with Crippen molar-refractivity contribution in [1.29, 1.82) is 0 Å². The number of unbranched alkanes of at least 4 members (excludes halogenated alkanes) is 1. The molecule has 0 unspecified atom stereocenters. The second-order valence-corrected chi connectivity index (χ2v) is 5.92. The van der Waals surface area contributed by atoms with Gasteiger partial charge in [0.05, 0.1) is 5.41 Å². The lowest BCUT2D eigenvalue weighted by atomic mass is 9.87. The number of imidazole rings is 1. The Morgan fingerprint density at radius 1 is 1.32 bits per heavy atom. The maximum Gasteiger partial charge on any atom is 0.328 e. The van der Waals surface area contributed by atoms with E-state index in [1.165, 1.54) is 0 Å². The van der Waals surface area contributed by atoms with Crippen LogP contribution in [0.3, 0.4) is 0 Å². The third-order valence-corrected chi connectivity index (χ3v) is 3.46. The predicted octanol–water partition coefficient (Wildman–Crippen LogP) is 2.51. The molecule has 0 atom stereocenters. The summed E-state index contributed by atoms with van der Waals surface area (Å²) in [5.41, 5.74) is -0.679. The minimum Gasteiger partial charge on any atom is -0.481 e. The first-order valence-corrected chi connectivity index (χ1v) is 6.76. The third kappa shape index (κ3) is 3.98. The van der Waals surface area contributed by atoms with Crippen molar-refractivity contribution in [3.8, 4) is 0 Å². The van der Waals surface area contributed by atoms with Gasteiger partial charge < -0.3 is 5.11 Å². The molecule has 19 heavy (non-hydrogen) atoms. The van der Waals surface area contributed by atoms with Crippen LogP contribution in [0.25, 0.3) is 0 Å². The Bertz CT molecular complexity index is 483. The van der Waals surface area contributed by atoms with Crippen molar-refractivity contribution in [1.82, 2.24) is 9.13 Å². The Morgan fingerprint density at radius 2 is 1.95 bits per heavy atom. The number of rotatable bonds is 7. The molecule has 5 heteroatoms. The molecule has 108 valence electrons. The summed E-state index contributed by atoms with van der Waals surface area (Å²) in [6, 6.07) is 0.166. The summed E-state index contributed by atoms with van der Waals surface area (Å²) < 4.78 is 3.38. The first-order valence-electron chi connectivity index (χ1n) is 6.76. The lowest BCUT2D eigenvalue weighted by Gasteiger charge is -2.18. The molecular formula is C14H24N2O3. The van der Waals surface area contributed by atoms with Crippen LogP contribution in [0.4, 0.5) is 0 Å². The van der Waals surface area contributed by atoms with Gasteiger partial charge in [-0.25, -0.2) is 4.79 Å². The van der Waals surface area contributed by atoms with Crippen LogP contribution < -0.4 is 5.69 Å². The summed E-state index contributed by atoms with van der Waals surface area (Å²) >= 11 is 0. The molecule has 0 saturated heterocycles. The van der Waals surface area contributed by atoms with Gasteiger partial charge in [-0.05, 0) is 40.5 Å². The van der Waals surface area contributed by atoms with Gasteiger partial charge in [0.2, 0.25) is 0 Å². The monoisotopic (exact) mass is 268 g/mol. The van der Waals surface area contributed by atoms with Crippen LogP contribution in [-0.2, 0) is 11.3 Å². The van der Waals surface area contributed by atoms with Gasteiger partial charge in [0.25, 0.3) is 0 Å². The third-order valence-electron chi connectivity index (χ3n) is 3.46. The van der Waals surface area contributed by atoms with Crippen LogP contribution >= 0.6 is 0 Å². The SMILES string of the molecule is CC(C)n1ccn(CCCCC(C)(C)C(=O)O)c1=O. The van der Waals surface area contributed by atoms with Gasteiger partial charge in [-0.15, -0.1) is 0 Å². The number of aromatic nitrogens is 2. The summed E-state index contributed by atoms with van der Waals surface area (Å²) in [4.78, 5) is 22.9. The molecule has 1 N–H and O–H groups in total. The van der Waals surface area contributed by atoms with Gasteiger partial charge in [0, 0.05) is 25.0 Å². The van der Waals surface area contributed by atoms with Crippen LogP contribution in [0.1, 0.15) is 53.0 Å². The Hall–Kier alpha value is -1.52. The van der Waals surface area contributed by atoms with Crippen molar-refractivity contribution >= 4 is 5.97 Å². The fraction of sp³-hybridized carbons (Fsp3) is 0.714. The van der Waals surface area contributed by atoms with E-state index in [-0.39, 0.29) is 11.7 Å². The number of aryl methyl sites for hydroxylation is 1. The average Bonchev–Trinajstić information content (AvgIpc) is 2.66. The zero-order chi connectivity index (χ0) is 14.6. The standard InChI is InChI=1S/C14H24N2O3/c1-11(2)16-10-9-15(13(16)19)8-6-5-7-14(3,4)12(17)18/h9-11H,5-8H2,1-4H3,(H,17,18). The van der Waals surface area contributed by atoms with Gasteiger partial charge in [-0.1, -0.05) is 6.42 Å². The smallest absolute Gasteiger partial charge is 0.328 e. The summed E-state index contributed by atoms with van der Waals surface area (Å²) in [6.07, 6.45) is 5.85. The normalized spacial score (nSPS) is 12.1. The molecule has 0 spiro atoms. The summed E-state index contributed by atoms with van der Waals surface area (Å²) in [6.45, 7) is 8.06. The lowest BCUT2D eigenvalue weighted by molar-refractivity contribution is -0.147. The maximum absolute atomic E-state index is 11.9. The van der Waals surface area contributed by atoms with Crippen molar-refractivity contribution < 1.29 is 9.90 Å². The maximum atomic E-state index is 11.9.